The lowest BCUT2D eigenvalue weighted by Gasteiger charge is -2.27. The van der Waals surface area contributed by atoms with Gasteiger partial charge in [-0.3, -0.25) is 9.55 Å². The molecule has 0 bridgehead atoms. The van der Waals surface area contributed by atoms with Crippen molar-refractivity contribution in [2.45, 2.75) is 26.4 Å². The van der Waals surface area contributed by atoms with Crippen molar-refractivity contribution >= 4 is 34.8 Å². The zero-order valence-corrected chi connectivity index (χ0v) is 18.8. The number of aromatic nitrogens is 2. The highest BCUT2D eigenvalue weighted by atomic mass is 32.1. The number of hydrogen-bond donors (Lipinski definition) is 2. The van der Waals surface area contributed by atoms with Crippen LogP contribution >= 0.6 is 18.9 Å². The minimum absolute atomic E-state index is 0.365. The van der Waals surface area contributed by atoms with Crippen LogP contribution in [0.4, 0.5) is 5.82 Å². The number of benzene rings is 1. The van der Waals surface area contributed by atoms with Gasteiger partial charge in [-0.25, -0.2) is 10.1 Å². The van der Waals surface area contributed by atoms with Crippen LogP contribution in [0.15, 0.2) is 36.7 Å². The number of rotatable bonds is 10. The topological polar surface area (TPSA) is 85.4 Å². The molecule has 2 unspecified atom stereocenters. The molecule has 0 saturated carbocycles. The Morgan fingerprint density at radius 2 is 2.03 bits per heavy atom. The molecule has 0 aliphatic rings. The number of nitrogens with zero attached hydrogens (tertiary/aromatic N) is 2. The van der Waals surface area contributed by atoms with Gasteiger partial charge in [0.25, 0.3) is 7.52 Å². The molecule has 1 aromatic carbocycles. The first-order chi connectivity index (χ1) is 14.0. The van der Waals surface area contributed by atoms with E-state index in [9.17, 15) is 4.57 Å². The lowest BCUT2D eigenvalue weighted by molar-refractivity contribution is 0.318. The van der Waals surface area contributed by atoms with Gasteiger partial charge in [0.05, 0.1) is 31.8 Å². The summed E-state index contributed by atoms with van der Waals surface area (Å²) in [5.74, 6) is 1.44. The maximum absolute atomic E-state index is 13.8. The number of thiophene rings is 1. The monoisotopic (exact) mass is 434 g/mol. The first-order valence-corrected chi connectivity index (χ1v) is 12.1. The van der Waals surface area contributed by atoms with Crippen molar-refractivity contribution in [3.05, 3.63) is 47.2 Å². The fourth-order valence-electron chi connectivity index (χ4n) is 3.05. The average molecular weight is 435 g/mol. The zero-order valence-electron chi connectivity index (χ0n) is 17.1. The van der Waals surface area contributed by atoms with E-state index in [1.807, 2.05) is 39.0 Å². The van der Waals surface area contributed by atoms with Gasteiger partial charge in [-0.1, -0.05) is 6.92 Å². The van der Waals surface area contributed by atoms with Gasteiger partial charge in [-0.2, -0.15) is 0 Å². The molecule has 156 valence electrons. The number of aryl methyl sites for hydroxylation is 1. The van der Waals surface area contributed by atoms with Crippen molar-refractivity contribution in [2.75, 3.05) is 32.1 Å². The molecule has 0 aliphatic heterocycles. The van der Waals surface area contributed by atoms with Crippen LogP contribution in [0.2, 0.25) is 0 Å². The molecule has 2 atom stereocenters. The van der Waals surface area contributed by atoms with Crippen molar-refractivity contribution in [1.82, 2.24) is 15.1 Å². The van der Waals surface area contributed by atoms with Crippen LogP contribution in [0.1, 0.15) is 30.1 Å². The van der Waals surface area contributed by atoms with Gasteiger partial charge in [0.1, 0.15) is 17.2 Å². The normalized spacial score (nSPS) is 14.5. The van der Waals surface area contributed by atoms with E-state index >= 15 is 0 Å². The van der Waals surface area contributed by atoms with Crippen molar-refractivity contribution in [3.8, 4) is 5.75 Å². The lowest BCUT2D eigenvalue weighted by atomic mass is 10.2. The minimum atomic E-state index is -3.15. The highest BCUT2D eigenvalue weighted by molar-refractivity contribution is 7.57. The fourth-order valence-corrected chi connectivity index (χ4v) is 6.77. The summed E-state index contributed by atoms with van der Waals surface area (Å²) < 4.78 is 26.0. The summed E-state index contributed by atoms with van der Waals surface area (Å²) in [6.07, 6.45) is 3.39. The summed E-state index contributed by atoms with van der Waals surface area (Å²) in [6, 6.07) is 8.03. The number of hydrogen-bond acceptors (Lipinski definition) is 7. The van der Waals surface area contributed by atoms with Gasteiger partial charge >= 0.3 is 0 Å². The predicted octanol–water partition coefficient (Wildman–Crippen LogP) is 5.00. The predicted molar refractivity (Wildman–Crippen MR) is 119 cm³/mol. The molecule has 9 heteroatoms. The fraction of sp³-hybridized carbons (Fsp3) is 0.400. The number of methoxy groups -OCH3 is 1. The molecule has 29 heavy (non-hydrogen) atoms. The van der Waals surface area contributed by atoms with Gasteiger partial charge in [0.2, 0.25) is 0 Å². The second kappa shape index (κ2) is 9.67. The van der Waals surface area contributed by atoms with E-state index in [1.165, 1.54) is 0 Å². The van der Waals surface area contributed by atoms with E-state index in [-0.39, 0.29) is 5.66 Å². The summed E-state index contributed by atoms with van der Waals surface area (Å²) in [4.78, 5) is 9.60. The molecule has 3 rings (SSSR count). The van der Waals surface area contributed by atoms with E-state index < -0.39 is 7.52 Å². The van der Waals surface area contributed by atoms with E-state index in [0.29, 0.717) is 25.5 Å². The van der Waals surface area contributed by atoms with Crippen molar-refractivity contribution in [1.29, 1.82) is 0 Å². The van der Waals surface area contributed by atoms with Gasteiger partial charge in [-0.05, 0) is 43.5 Å². The Morgan fingerprint density at radius 1 is 1.21 bits per heavy atom. The average Bonchev–Trinajstić information content (AvgIpc) is 3.12. The Kier molecular flexibility index (Phi) is 7.24. The van der Waals surface area contributed by atoms with Crippen LogP contribution < -0.4 is 15.1 Å². The van der Waals surface area contributed by atoms with E-state index in [4.69, 9.17) is 9.26 Å². The van der Waals surface area contributed by atoms with Crippen LogP contribution in [0.25, 0.3) is 10.1 Å². The van der Waals surface area contributed by atoms with Gasteiger partial charge < -0.3 is 14.6 Å². The number of anilines is 1. The molecule has 0 aliphatic carbocycles. The number of nitrogens with one attached hydrogen (secondary N) is 2. The molecule has 0 amide bonds. The SMILES string of the molecule is CCNP(=O)(OCC)C(CNc1cnc(C)cn1)c1cc2ccc(OC)cc2s1. The summed E-state index contributed by atoms with van der Waals surface area (Å²) in [6.45, 7) is 7.00. The van der Waals surface area contributed by atoms with E-state index in [0.717, 1.165) is 26.4 Å². The molecule has 0 radical (unpaired) electrons. The van der Waals surface area contributed by atoms with Crippen LogP contribution in [0.3, 0.4) is 0 Å². The molecule has 0 fully saturated rings. The zero-order chi connectivity index (χ0) is 20.9. The summed E-state index contributed by atoms with van der Waals surface area (Å²) >= 11 is 1.60. The first kappa shape index (κ1) is 21.7. The highest BCUT2D eigenvalue weighted by Crippen LogP contribution is 2.58. The molecule has 3 aromatic rings. The van der Waals surface area contributed by atoms with Crippen LogP contribution in [0.5, 0.6) is 5.75 Å². The van der Waals surface area contributed by atoms with Crippen molar-refractivity contribution < 1.29 is 13.8 Å². The molecular weight excluding hydrogens is 407 g/mol. The lowest BCUT2D eigenvalue weighted by Crippen LogP contribution is -2.22. The van der Waals surface area contributed by atoms with E-state index in [1.54, 1.807) is 30.8 Å². The molecule has 7 nitrogen and oxygen atoms in total. The maximum atomic E-state index is 13.8. The van der Waals surface area contributed by atoms with E-state index in [2.05, 4.69) is 26.4 Å². The van der Waals surface area contributed by atoms with Gasteiger partial charge in [-0.15, -0.1) is 11.3 Å². The Hall–Kier alpha value is -1.99. The Bertz CT molecular complexity index is 983. The second-order valence-electron chi connectivity index (χ2n) is 6.52. The summed E-state index contributed by atoms with van der Waals surface area (Å²) in [5, 5.41) is 7.47. The molecule has 2 heterocycles. The van der Waals surface area contributed by atoms with Gasteiger partial charge in [0, 0.05) is 22.7 Å². The molecule has 0 saturated heterocycles. The summed E-state index contributed by atoms with van der Waals surface area (Å²) in [7, 11) is -1.50. The molecule has 2 N–H and O–H groups in total. The number of fused-ring (bicyclic) bond motifs is 1. The smallest absolute Gasteiger partial charge is 0.279 e. The first-order valence-electron chi connectivity index (χ1n) is 9.58. The Balaban J connectivity index is 1.96. The molecule has 0 spiro atoms. The standard InChI is InChI=1S/C20H27N4O3PS/c1-5-24-28(25,27-6-2)17(12-23-20-13-21-14(3)11-22-20)19-9-15-7-8-16(26-4)10-18(15)29-19/h7-11,13,17H,5-6,12H2,1-4H3,(H,22,23)(H,24,25). The van der Waals surface area contributed by atoms with Crippen LogP contribution in [0, 0.1) is 6.92 Å². The van der Waals surface area contributed by atoms with Gasteiger partial charge in [0.15, 0.2) is 0 Å². The Morgan fingerprint density at radius 3 is 2.69 bits per heavy atom. The maximum Gasteiger partial charge on any atom is 0.279 e. The quantitative estimate of drug-likeness (QED) is 0.434. The van der Waals surface area contributed by atoms with Crippen LogP contribution in [-0.2, 0) is 9.09 Å². The largest absolute Gasteiger partial charge is 0.497 e. The van der Waals surface area contributed by atoms with Crippen molar-refractivity contribution in [2.24, 2.45) is 0 Å². The second-order valence-corrected chi connectivity index (χ2v) is 10.0. The third-order valence-corrected chi connectivity index (χ3v) is 8.51. The minimum Gasteiger partial charge on any atom is -0.497 e. The highest BCUT2D eigenvalue weighted by Gasteiger charge is 2.36. The van der Waals surface area contributed by atoms with Crippen molar-refractivity contribution in [3.63, 3.8) is 0 Å². The van der Waals surface area contributed by atoms with Crippen LogP contribution in [-0.4, -0.2) is 36.8 Å². The molecular formula is C20H27N4O3PS. The molecule has 2 aromatic heterocycles. The summed E-state index contributed by atoms with van der Waals surface area (Å²) in [5.41, 5.74) is 0.479. The third kappa shape index (κ3) is 5.14. The number of ether oxygens (including phenoxy) is 1. The Labute approximate surface area is 175 Å². The third-order valence-electron chi connectivity index (χ3n) is 4.44.